The number of hydrogen-bond donors (Lipinski definition) is 4. The molecule has 0 saturated heterocycles. The molecule has 0 fully saturated rings. The average molecular weight is 516 g/mol. The smallest absolute Gasteiger partial charge is 0.257 e. The normalized spacial score (nSPS) is 16.9. The first-order valence-corrected chi connectivity index (χ1v) is 12.6. The second-order valence-electron chi connectivity index (χ2n) is 10.8. The van der Waals surface area contributed by atoms with E-state index < -0.39 is 11.1 Å². The van der Waals surface area contributed by atoms with Crippen LogP contribution in [-0.4, -0.2) is 36.7 Å². The predicted octanol–water partition coefficient (Wildman–Crippen LogP) is 3.39. The Morgan fingerprint density at radius 2 is 1.74 bits per heavy atom. The Balaban J connectivity index is 1.65. The number of hydrazine groups is 1. The maximum atomic E-state index is 13.7. The van der Waals surface area contributed by atoms with E-state index in [0.29, 0.717) is 30.2 Å². The number of hydrazone groups is 1. The standard InChI is InChI=1S/C29H37N7O2/c1-18-25(27(37)35(19(2)32-18)17-22-16-28(3,4)36(38)29(22,5)6)15-20-11-13-21(14-12-20)23-9-7-8-10-24(23)26(33-30)34-31/h7-14,16,38H,15,17,30-31H2,1-6H3,(H,33,34). The largest absolute Gasteiger partial charge is 0.321 e. The zero-order valence-electron chi connectivity index (χ0n) is 22.9. The highest BCUT2D eigenvalue weighted by Crippen LogP contribution is 2.38. The van der Waals surface area contributed by atoms with Gasteiger partial charge in [-0.2, -0.15) is 10.2 Å². The fraction of sp³-hybridized carbons (Fsp3) is 0.345. The second kappa shape index (κ2) is 10.2. The third-order valence-corrected chi connectivity index (χ3v) is 7.47. The molecule has 1 aliphatic heterocycles. The molecule has 6 N–H and O–H groups in total. The van der Waals surface area contributed by atoms with Crippen molar-refractivity contribution in [3.05, 3.63) is 98.7 Å². The molecule has 4 rings (SSSR count). The third kappa shape index (κ3) is 4.88. The lowest BCUT2D eigenvalue weighted by molar-refractivity contribution is -0.185. The SMILES string of the molecule is Cc1nc(C)n(CC2=CC(C)(C)N(O)C2(C)C)c(=O)c1Cc1ccc(-c2ccccc2/C(=N/N)NN)cc1. The van der Waals surface area contributed by atoms with Crippen LogP contribution in [0.3, 0.4) is 0 Å². The Kier molecular flexibility index (Phi) is 7.29. The molecule has 200 valence electrons. The maximum absolute atomic E-state index is 13.7. The zero-order valence-corrected chi connectivity index (χ0v) is 22.9. The van der Waals surface area contributed by atoms with E-state index in [2.05, 4.69) is 10.5 Å². The molecule has 1 aromatic heterocycles. The number of hydroxylamine groups is 2. The number of aryl methyl sites for hydroxylation is 2. The molecule has 3 aromatic rings. The van der Waals surface area contributed by atoms with Crippen molar-refractivity contribution in [3.8, 4) is 11.1 Å². The van der Waals surface area contributed by atoms with E-state index in [0.717, 1.165) is 33.5 Å². The summed E-state index contributed by atoms with van der Waals surface area (Å²) in [5.41, 5.74) is 7.42. The summed E-state index contributed by atoms with van der Waals surface area (Å²) in [4.78, 5) is 18.4. The van der Waals surface area contributed by atoms with Gasteiger partial charge in [-0.25, -0.2) is 10.8 Å². The number of rotatable bonds is 6. The molecule has 0 aliphatic carbocycles. The molecule has 1 aliphatic rings. The lowest BCUT2D eigenvalue weighted by Crippen LogP contribution is -2.48. The van der Waals surface area contributed by atoms with Gasteiger partial charge in [-0.05, 0) is 63.8 Å². The number of aromatic nitrogens is 2. The van der Waals surface area contributed by atoms with Crippen LogP contribution >= 0.6 is 0 Å². The summed E-state index contributed by atoms with van der Waals surface area (Å²) in [6.45, 7) is 11.9. The highest BCUT2D eigenvalue weighted by atomic mass is 16.5. The number of hydrogen-bond acceptors (Lipinski definition) is 7. The van der Waals surface area contributed by atoms with E-state index in [9.17, 15) is 10.0 Å². The van der Waals surface area contributed by atoms with E-state index in [1.54, 1.807) is 4.57 Å². The van der Waals surface area contributed by atoms with Gasteiger partial charge in [0.05, 0.1) is 17.6 Å². The summed E-state index contributed by atoms with van der Waals surface area (Å²) >= 11 is 0. The van der Waals surface area contributed by atoms with Crippen LogP contribution in [0.25, 0.3) is 11.1 Å². The van der Waals surface area contributed by atoms with Crippen molar-refractivity contribution in [2.45, 2.75) is 65.6 Å². The third-order valence-electron chi connectivity index (χ3n) is 7.47. The monoisotopic (exact) mass is 515 g/mol. The van der Waals surface area contributed by atoms with Gasteiger partial charge in [0, 0.05) is 23.2 Å². The Bertz CT molecular complexity index is 1470. The Morgan fingerprint density at radius 1 is 1.08 bits per heavy atom. The minimum absolute atomic E-state index is 0.0619. The highest BCUT2D eigenvalue weighted by Gasteiger charge is 2.45. The predicted molar refractivity (Wildman–Crippen MR) is 151 cm³/mol. The van der Waals surface area contributed by atoms with Gasteiger partial charge in [0.15, 0.2) is 5.84 Å². The summed E-state index contributed by atoms with van der Waals surface area (Å²) in [7, 11) is 0. The van der Waals surface area contributed by atoms with Gasteiger partial charge < -0.3 is 16.5 Å². The van der Waals surface area contributed by atoms with E-state index in [4.69, 9.17) is 16.7 Å². The topological polar surface area (TPSA) is 135 Å². The van der Waals surface area contributed by atoms with Crippen molar-refractivity contribution in [1.29, 1.82) is 0 Å². The molecule has 0 amide bonds. The van der Waals surface area contributed by atoms with Crippen molar-refractivity contribution in [3.63, 3.8) is 0 Å². The van der Waals surface area contributed by atoms with Gasteiger partial charge in [-0.3, -0.25) is 9.36 Å². The van der Waals surface area contributed by atoms with Crippen LogP contribution in [-0.2, 0) is 13.0 Å². The number of nitrogens with zero attached hydrogens (tertiary/aromatic N) is 4. The summed E-state index contributed by atoms with van der Waals surface area (Å²) in [6.07, 6.45) is 2.50. The second-order valence-corrected chi connectivity index (χ2v) is 10.8. The number of nitrogens with one attached hydrogen (secondary N) is 1. The first-order valence-electron chi connectivity index (χ1n) is 12.6. The van der Waals surface area contributed by atoms with Crippen LogP contribution in [0.15, 0.2) is 70.1 Å². The van der Waals surface area contributed by atoms with Crippen molar-refractivity contribution in [2.75, 3.05) is 0 Å². The number of nitrogens with two attached hydrogens (primary N) is 2. The molecule has 0 saturated carbocycles. The van der Waals surface area contributed by atoms with Gasteiger partial charge in [-0.1, -0.05) is 54.6 Å². The van der Waals surface area contributed by atoms with Crippen molar-refractivity contribution in [2.24, 2.45) is 16.8 Å². The lowest BCUT2D eigenvalue weighted by atomic mass is 9.95. The fourth-order valence-corrected chi connectivity index (χ4v) is 5.29. The molecule has 0 bridgehead atoms. The maximum Gasteiger partial charge on any atom is 0.257 e. The molecule has 0 radical (unpaired) electrons. The lowest BCUT2D eigenvalue weighted by Gasteiger charge is -2.36. The fourth-order valence-electron chi connectivity index (χ4n) is 5.29. The molecule has 0 spiro atoms. The number of benzene rings is 2. The van der Waals surface area contributed by atoms with Crippen LogP contribution in [0.1, 0.15) is 55.9 Å². The molecule has 0 unspecified atom stereocenters. The average Bonchev–Trinajstić information content (AvgIpc) is 3.04. The van der Waals surface area contributed by atoms with Crippen LogP contribution in [0, 0.1) is 13.8 Å². The summed E-state index contributed by atoms with van der Waals surface area (Å²) in [6, 6.07) is 15.8. The quantitative estimate of drug-likeness (QED) is 0.130. The van der Waals surface area contributed by atoms with Crippen LogP contribution < -0.4 is 22.7 Å². The first-order chi connectivity index (χ1) is 17.9. The molecule has 2 aromatic carbocycles. The Morgan fingerprint density at radius 3 is 2.32 bits per heavy atom. The van der Waals surface area contributed by atoms with Gasteiger partial charge >= 0.3 is 0 Å². The van der Waals surface area contributed by atoms with Gasteiger partial charge in [0.25, 0.3) is 5.56 Å². The van der Waals surface area contributed by atoms with Crippen molar-refractivity contribution in [1.82, 2.24) is 20.0 Å². The zero-order chi connectivity index (χ0) is 27.8. The van der Waals surface area contributed by atoms with Crippen LogP contribution in [0.2, 0.25) is 0 Å². The molecule has 38 heavy (non-hydrogen) atoms. The molecular weight excluding hydrogens is 478 g/mol. The molecule has 9 heteroatoms. The van der Waals surface area contributed by atoms with E-state index >= 15 is 0 Å². The van der Waals surface area contributed by atoms with Crippen molar-refractivity contribution < 1.29 is 5.21 Å². The number of amidine groups is 1. The highest BCUT2D eigenvalue weighted by molar-refractivity contribution is 6.04. The van der Waals surface area contributed by atoms with Gasteiger partial charge in [0.1, 0.15) is 5.82 Å². The molecular formula is C29H37N7O2. The van der Waals surface area contributed by atoms with Crippen LogP contribution in [0.4, 0.5) is 0 Å². The molecule has 0 atom stereocenters. The Hall–Kier alpha value is -3.79. The van der Waals surface area contributed by atoms with Crippen molar-refractivity contribution >= 4 is 5.84 Å². The minimum Gasteiger partial charge on any atom is -0.321 e. The summed E-state index contributed by atoms with van der Waals surface area (Å²) in [5.74, 6) is 12.1. The van der Waals surface area contributed by atoms with E-state index in [1.165, 1.54) is 5.06 Å². The van der Waals surface area contributed by atoms with E-state index in [1.807, 2.05) is 96.1 Å². The van der Waals surface area contributed by atoms with Gasteiger partial charge in [-0.15, -0.1) is 0 Å². The summed E-state index contributed by atoms with van der Waals surface area (Å²) < 4.78 is 1.71. The minimum atomic E-state index is -0.597. The molecule has 9 nitrogen and oxygen atoms in total. The van der Waals surface area contributed by atoms with Crippen LogP contribution in [0.5, 0.6) is 0 Å². The van der Waals surface area contributed by atoms with E-state index in [-0.39, 0.29) is 5.56 Å². The van der Waals surface area contributed by atoms with Gasteiger partial charge in [0.2, 0.25) is 0 Å². The first kappa shape index (κ1) is 27.3. The Labute approximate surface area is 223 Å². The summed E-state index contributed by atoms with van der Waals surface area (Å²) in [5, 5.41) is 15.8. The molecule has 2 heterocycles.